The average Bonchev–Trinajstić information content (AvgIpc) is 2.74. The fourth-order valence-electron chi connectivity index (χ4n) is 2.75. The Morgan fingerprint density at radius 2 is 1.59 bits per heavy atom. The molecule has 0 aliphatic heterocycles. The number of nitrogens with one attached hydrogen (secondary N) is 1. The first-order valence-electron chi connectivity index (χ1n) is 9.12. The van der Waals surface area contributed by atoms with Crippen LogP contribution in [0.15, 0.2) is 84.6 Å². The average molecular weight is 387 g/mol. The standard InChI is InChI=1S/C24H21NO4/c1-17-9-5-6-13-20(17)16-29-22-14-8-7-12-19(22)15-21(24(27)28)25-23(26)18-10-3-2-4-11-18/h2-15H,16H2,1H3,(H,25,26)(H,27,28). The van der Waals surface area contributed by atoms with E-state index >= 15 is 0 Å². The topological polar surface area (TPSA) is 75.6 Å². The lowest BCUT2D eigenvalue weighted by molar-refractivity contribution is -0.132. The molecule has 5 heteroatoms. The van der Waals surface area contributed by atoms with E-state index < -0.39 is 11.9 Å². The van der Waals surface area contributed by atoms with Crippen LogP contribution in [-0.2, 0) is 11.4 Å². The van der Waals surface area contributed by atoms with Crippen molar-refractivity contribution in [2.75, 3.05) is 0 Å². The number of carbonyl (C=O) groups is 2. The molecule has 3 rings (SSSR count). The molecule has 2 N–H and O–H groups in total. The number of benzene rings is 3. The van der Waals surface area contributed by atoms with Crippen LogP contribution in [0.25, 0.3) is 6.08 Å². The molecule has 0 bridgehead atoms. The van der Waals surface area contributed by atoms with Crippen LogP contribution in [0.4, 0.5) is 0 Å². The van der Waals surface area contributed by atoms with Crippen molar-refractivity contribution < 1.29 is 19.4 Å². The zero-order chi connectivity index (χ0) is 20.6. The Morgan fingerprint density at radius 3 is 2.31 bits per heavy atom. The summed E-state index contributed by atoms with van der Waals surface area (Å²) in [5.74, 6) is -1.19. The maximum atomic E-state index is 12.3. The van der Waals surface area contributed by atoms with Crippen molar-refractivity contribution in [3.8, 4) is 5.75 Å². The molecule has 0 saturated carbocycles. The number of ether oxygens (including phenoxy) is 1. The van der Waals surface area contributed by atoms with Crippen molar-refractivity contribution >= 4 is 18.0 Å². The molecule has 0 heterocycles. The number of carboxylic acids is 1. The maximum absolute atomic E-state index is 12.3. The highest BCUT2D eigenvalue weighted by Crippen LogP contribution is 2.22. The Morgan fingerprint density at radius 1 is 0.931 bits per heavy atom. The molecule has 146 valence electrons. The number of hydrogen-bond donors (Lipinski definition) is 2. The first-order chi connectivity index (χ1) is 14.0. The van der Waals surface area contributed by atoms with E-state index in [1.165, 1.54) is 6.08 Å². The molecule has 1 amide bonds. The summed E-state index contributed by atoms with van der Waals surface area (Å²) >= 11 is 0. The van der Waals surface area contributed by atoms with E-state index in [4.69, 9.17) is 4.74 Å². The molecular formula is C24H21NO4. The highest BCUT2D eigenvalue weighted by Gasteiger charge is 2.14. The smallest absolute Gasteiger partial charge is 0.352 e. The Labute approximate surface area is 169 Å². The summed E-state index contributed by atoms with van der Waals surface area (Å²) in [7, 11) is 0. The Kier molecular flexibility index (Phi) is 6.43. The molecule has 0 radical (unpaired) electrons. The number of aryl methyl sites for hydroxylation is 1. The molecule has 3 aromatic rings. The molecule has 0 fully saturated rings. The van der Waals surface area contributed by atoms with Gasteiger partial charge in [0, 0.05) is 11.1 Å². The van der Waals surface area contributed by atoms with Gasteiger partial charge in [-0.15, -0.1) is 0 Å². The van der Waals surface area contributed by atoms with Gasteiger partial charge in [-0.05, 0) is 42.3 Å². The van der Waals surface area contributed by atoms with E-state index in [0.717, 1.165) is 11.1 Å². The van der Waals surface area contributed by atoms with Crippen molar-refractivity contribution in [3.63, 3.8) is 0 Å². The van der Waals surface area contributed by atoms with Crippen LogP contribution in [0.3, 0.4) is 0 Å². The Bertz CT molecular complexity index is 1040. The van der Waals surface area contributed by atoms with Gasteiger partial charge in [0.1, 0.15) is 18.1 Å². The third-order valence-electron chi connectivity index (χ3n) is 4.38. The quantitative estimate of drug-likeness (QED) is 0.588. The Balaban J connectivity index is 1.82. The number of hydrogen-bond acceptors (Lipinski definition) is 3. The van der Waals surface area contributed by atoms with Crippen LogP contribution in [0, 0.1) is 6.92 Å². The van der Waals surface area contributed by atoms with Gasteiger partial charge < -0.3 is 15.2 Å². The predicted molar refractivity (Wildman–Crippen MR) is 111 cm³/mol. The van der Waals surface area contributed by atoms with E-state index in [1.54, 1.807) is 48.5 Å². The minimum Gasteiger partial charge on any atom is -0.488 e. The van der Waals surface area contributed by atoms with Crippen molar-refractivity contribution in [1.29, 1.82) is 0 Å². The number of carboxylic acid groups (broad SMARTS) is 1. The Hall–Kier alpha value is -3.86. The first-order valence-corrected chi connectivity index (χ1v) is 9.12. The molecule has 0 unspecified atom stereocenters. The largest absolute Gasteiger partial charge is 0.488 e. The predicted octanol–water partition coefficient (Wildman–Crippen LogP) is 4.43. The summed E-state index contributed by atoms with van der Waals surface area (Å²) in [4.78, 5) is 24.0. The summed E-state index contributed by atoms with van der Waals surface area (Å²) < 4.78 is 5.92. The van der Waals surface area contributed by atoms with Gasteiger partial charge in [0.15, 0.2) is 0 Å². The van der Waals surface area contributed by atoms with Crippen molar-refractivity contribution in [3.05, 3.63) is 107 Å². The van der Waals surface area contributed by atoms with Crippen LogP contribution < -0.4 is 10.1 Å². The second-order valence-electron chi connectivity index (χ2n) is 6.44. The van der Waals surface area contributed by atoms with Gasteiger partial charge >= 0.3 is 5.97 Å². The lowest BCUT2D eigenvalue weighted by Gasteiger charge is -2.12. The van der Waals surface area contributed by atoms with Crippen LogP contribution in [0.1, 0.15) is 27.0 Å². The van der Waals surface area contributed by atoms with E-state index in [2.05, 4.69) is 5.32 Å². The van der Waals surface area contributed by atoms with E-state index in [-0.39, 0.29) is 5.70 Å². The molecule has 5 nitrogen and oxygen atoms in total. The minimum atomic E-state index is -1.23. The number of amides is 1. The van der Waals surface area contributed by atoms with Gasteiger partial charge in [-0.3, -0.25) is 4.79 Å². The molecule has 0 aromatic heterocycles. The highest BCUT2D eigenvalue weighted by molar-refractivity contribution is 6.02. The number of carbonyl (C=O) groups excluding carboxylic acids is 1. The normalized spacial score (nSPS) is 11.0. The fourth-order valence-corrected chi connectivity index (χ4v) is 2.75. The van der Waals surface area contributed by atoms with Crippen LogP contribution >= 0.6 is 0 Å². The van der Waals surface area contributed by atoms with Crippen molar-refractivity contribution in [2.45, 2.75) is 13.5 Å². The zero-order valence-corrected chi connectivity index (χ0v) is 16.0. The van der Waals surface area contributed by atoms with Crippen LogP contribution in [-0.4, -0.2) is 17.0 Å². The third-order valence-corrected chi connectivity index (χ3v) is 4.38. The van der Waals surface area contributed by atoms with Crippen LogP contribution in [0.5, 0.6) is 5.75 Å². The summed E-state index contributed by atoms with van der Waals surface area (Å²) in [5, 5.41) is 12.0. The van der Waals surface area contributed by atoms with E-state index in [9.17, 15) is 14.7 Å². The highest BCUT2D eigenvalue weighted by atomic mass is 16.5. The number of para-hydroxylation sites is 1. The summed E-state index contributed by atoms with van der Waals surface area (Å²) in [6.45, 7) is 2.36. The fraction of sp³-hybridized carbons (Fsp3) is 0.0833. The third kappa shape index (κ3) is 5.32. The molecule has 0 atom stereocenters. The van der Waals surface area contributed by atoms with Gasteiger partial charge in [0.05, 0.1) is 0 Å². The molecule has 3 aromatic carbocycles. The SMILES string of the molecule is Cc1ccccc1COc1ccccc1C=C(NC(=O)c1ccccc1)C(=O)O. The molecule has 29 heavy (non-hydrogen) atoms. The second kappa shape index (κ2) is 9.37. The number of aliphatic carboxylic acids is 1. The number of rotatable bonds is 7. The van der Waals surface area contributed by atoms with Gasteiger partial charge in [0.2, 0.25) is 0 Å². The molecule has 0 aliphatic rings. The molecule has 0 aliphatic carbocycles. The van der Waals surface area contributed by atoms with Gasteiger partial charge in [-0.2, -0.15) is 0 Å². The van der Waals surface area contributed by atoms with Gasteiger partial charge in [-0.1, -0.05) is 60.7 Å². The zero-order valence-electron chi connectivity index (χ0n) is 16.0. The first kappa shape index (κ1) is 19.9. The van der Waals surface area contributed by atoms with Gasteiger partial charge in [0.25, 0.3) is 5.91 Å². The van der Waals surface area contributed by atoms with Gasteiger partial charge in [-0.25, -0.2) is 4.79 Å². The van der Waals surface area contributed by atoms with Crippen molar-refractivity contribution in [1.82, 2.24) is 5.32 Å². The maximum Gasteiger partial charge on any atom is 0.352 e. The lowest BCUT2D eigenvalue weighted by atomic mass is 10.1. The van der Waals surface area contributed by atoms with E-state index in [0.29, 0.717) is 23.5 Å². The van der Waals surface area contributed by atoms with E-state index in [1.807, 2.05) is 37.3 Å². The van der Waals surface area contributed by atoms with Crippen LogP contribution in [0.2, 0.25) is 0 Å². The molecule has 0 spiro atoms. The molecular weight excluding hydrogens is 366 g/mol. The summed E-state index contributed by atoms with van der Waals surface area (Å²) in [6.07, 6.45) is 1.40. The second-order valence-corrected chi connectivity index (χ2v) is 6.44. The summed E-state index contributed by atoms with van der Waals surface area (Å²) in [6, 6.07) is 23.5. The lowest BCUT2D eigenvalue weighted by Crippen LogP contribution is -2.27. The molecule has 0 saturated heterocycles. The monoisotopic (exact) mass is 387 g/mol. The van der Waals surface area contributed by atoms with Crippen molar-refractivity contribution in [2.24, 2.45) is 0 Å². The minimum absolute atomic E-state index is 0.231. The summed E-state index contributed by atoms with van der Waals surface area (Å²) in [5.41, 5.74) is 2.87.